The van der Waals surface area contributed by atoms with Crippen LogP contribution in [0.4, 0.5) is 0 Å². The second-order valence-electron chi connectivity index (χ2n) is 4.56. The zero-order chi connectivity index (χ0) is 11.9. The van der Waals surface area contributed by atoms with E-state index >= 15 is 0 Å². The maximum Gasteiger partial charge on any atom is 0.107 e. The van der Waals surface area contributed by atoms with Crippen LogP contribution in [0.3, 0.4) is 0 Å². The third-order valence-electron chi connectivity index (χ3n) is 3.15. The van der Waals surface area contributed by atoms with Crippen molar-refractivity contribution in [2.75, 3.05) is 20.3 Å². The standard InChI is InChI=1S/C13H22N2OS/c1-16-9-8-14-10-13-15-11-6-4-2-3-5-7-12(11)17-13/h14H,2-10H2,1H3. The van der Waals surface area contributed by atoms with Crippen LogP contribution >= 0.6 is 11.3 Å². The van der Waals surface area contributed by atoms with Gasteiger partial charge in [0.05, 0.1) is 12.3 Å². The lowest BCUT2D eigenvalue weighted by Gasteiger charge is -2.06. The number of fused-ring (bicyclic) bond motifs is 1. The SMILES string of the molecule is COCCNCc1nc2c(s1)CCCCCC2. The average Bonchev–Trinajstić information content (AvgIpc) is 2.67. The summed E-state index contributed by atoms with van der Waals surface area (Å²) in [5.41, 5.74) is 1.37. The maximum absolute atomic E-state index is 5.01. The fraction of sp³-hybridized carbons (Fsp3) is 0.769. The first kappa shape index (κ1) is 13.0. The van der Waals surface area contributed by atoms with Crippen LogP contribution < -0.4 is 5.32 Å². The van der Waals surface area contributed by atoms with E-state index in [9.17, 15) is 0 Å². The molecule has 1 N–H and O–H groups in total. The molecular formula is C13H22N2OS. The molecule has 1 aromatic heterocycles. The Hall–Kier alpha value is -0.450. The molecule has 1 heterocycles. The van der Waals surface area contributed by atoms with Crippen molar-refractivity contribution < 1.29 is 4.74 Å². The van der Waals surface area contributed by atoms with E-state index < -0.39 is 0 Å². The summed E-state index contributed by atoms with van der Waals surface area (Å²) in [7, 11) is 1.73. The zero-order valence-electron chi connectivity index (χ0n) is 10.6. The number of rotatable bonds is 5. The molecule has 0 fully saturated rings. The van der Waals surface area contributed by atoms with Gasteiger partial charge >= 0.3 is 0 Å². The summed E-state index contributed by atoms with van der Waals surface area (Å²) < 4.78 is 5.01. The van der Waals surface area contributed by atoms with Crippen molar-refractivity contribution >= 4 is 11.3 Å². The highest BCUT2D eigenvalue weighted by Crippen LogP contribution is 2.25. The van der Waals surface area contributed by atoms with Crippen molar-refractivity contribution in [3.8, 4) is 0 Å². The van der Waals surface area contributed by atoms with E-state index in [2.05, 4.69) is 5.32 Å². The van der Waals surface area contributed by atoms with Crippen molar-refractivity contribution in [2.45, 2.75) is 45.1 Å². The van der Waals surface area contributed by atoms with Crippen LogP contribution in [0, 0.1) is 0 Å². The quantitative estimate of drug-likeness (QED) is 0.820. The van der Waals surface area contributed by atoms with Crippen molar-refractivity contribution in [2.24, 2.45) is 0 Å². The molecule has 17 heavy (non-hydrogen) atoms. The molecule has 0 bridgehead atoms. The molecule has 0 aromatic carbocycles. The number of aromatic nitrogens is 1. The van der Waals surface area contributed by atoms with Crippen LogP contribution in [0.2, 0.25) is 0 Å². The third-order valence-corrected chi connectivity index (χ3v) is 4.31. The summed E-state index contributed by atoms with van der Waals surface area (Å²) in [5, 5.41) is 4.61. The Balaban J connectivity index is 1.88. The van der Waals surface area contributed by atoms with Crippen molar-refractivity contribution in [3.05, 3.63) is 15.6 Å². The number of ether oxygens (including phenoxy) is 1. The number of nitrogens with zero attached hydrogens (tertiary/aromatic N) is 1. The van der Waals surface area contributed by atoms with E-state index in [1.54, 1.807) is 7.11 Å². The molecule has 2 rings (SSSR count). The molecule has 1 aromatic rings. The van der Waals surface area contributed by atoms with Gasteiger partial charge in [-0.2, -0.15) is 0 Å². The normalized spacial score (nSPS) is 16.3. The van der Waals surface area contributed by atoms with Gasteiger partial charge in [-0.05, 0) is 25.7 Å². The van der Waals surface area contributed by atoms with Crippen LogP contribution in [-0.2, 0) is 24.1 Å². The van der Waals surface area contributed by atoms with Crippen LogP contribution in [0.1, 0.15) is 41.3 Å². The van der Waals surface area contributed by atoms with E-state index in [-0.39, 0.29) is 0 Å². The largest absolute Gasteiger partial charge is 0.383 e. The van der Waals surface area contributed by atoms with Crippen molar-refractivity contribution in [1.29, 1.82) is 0 Å². The summed E-state index contributed by atoms with van der Waals surface area (Å²) >= 11 is 1.90. The van der Waals surface area contributed by atoms with Crippen LogP contribution in [-0.4, -0.2) is 25.2 Å². The average molecular weight is 254 g/mol. The molecule has 0 radical (unpaired) electrons. The summed E-state index contributed by atoms with van der Waals surface area (Å²) in [6.07, 6.45) is 7.84. The number of hydrogen-bond donors (Lipinski definition) is 1. The highest BCUT2D eigenvalue weighted by molar-refractivity contribution is 7.11. The molecule has 0 saturated carbocycles. The Kier molecular flexibility index (Phi) is 5.42. The van der Waals surface area contributed by atoms with Gasteiger partial charge in [-0.25, -0.2) is 4.98 Å². The van der Waals surface area contributed by atoms with Gasteiger partial charge in [0.15, 0.2) is 0 Å². The summed E-state index contributed by atoms with van der Waals surface area (Å²) in [5.74, 6) is 0. The Morgan fingerprint density at radius 3 is 2.88 bits per heavy atom. The van der Waals surface area contributed by atoms with Crippen LogP contribution in [0.15, 0.2) is 0 Å². The van der Waals surface area contributed by atoms with Crippen molar-refractivity contribution in [1.82, 2.24) is 10.3 Å². The monoisotopic (exact) mass is 254 g/mol. The van der Waals surface area contributed by atoms with E-state index in [1.165, 1.54) is 54.1 Å². The first-order valence-corrected chi connectivity index (χ1v) is 7.39. The fourth-order valence-corrected chi connectivity index (χ4v) is 3.33. The molecule has 4 heteroatoms. The second kappa shape index (κ2) is 7.09. The van der Waals surface area contributed by atoms with Crippen molar-refractivity contribution in [3.63, 3.8) is 0 Å². The smallest absolute Gasteiger partial charge is 0.107 e. The lowest BCUT2D eigenvalue weighted by molar-refractivity contribution is 0.199. The summed E-state index contributed by atoms with van der Waals surface area (Å²) in [6, 6.07) is 0. The molecule has 0 amide bonds. The van der Waals surface area contributed by atoms with E-state index in [0.29, 0.717) is 0 Å². The van der Waals surface area contributed by atoms with E-state index in [1.807, 2.05) is 11.3 Å². The molecule has 3 nitrogen and oxygen atoms in total. The molecule has 0 spiro atoms. The molecule has 0 saturated heterocycles. The molecule has 0 atom stereocenters. The number of methoxy groups -OCH3 is 1. The second-order valence-corrected chi connectivity index (χ2v) is 5.73. The maximum atomic E-state index is 5.01. The first-order chi connectivity index (χ1) is 8.40. The minimum Gasteiger partial charge on any atom is -0.383 e. The highest BCUT2D eigenvalue weighted by Gasteiger charge is 2.12. The predicted molar refractivity (Wildman–Crippen MR) is 71.6 cm³/mol. The van der Waals surface area contributed by atoms with E-state index in [4.69, 9.17) is 9.72 Å². The van der Waals surface area contributed by atoms with Gasteiger partial charge < -0.3 is 10.1 Å². The van der Waals surface area contributed by atoms with Gasteiger partial charge in [0, 0.05) is 25.1 Å². The van der Waals surface area contributed by atoms with Gasteiger partial charge in [0.1, 0.15) is 5.01 Å². The lowest BCUT2D eigenvalue weighted by atomic mass is 10.0. The summed E-state index contributed by atoms with van der Waals surface area (Å²) in [4.78, 5) is 6.30. The van der Waals surface area contributed by atoms with Crippen LogP contribution in [0.25, 0.3) is 0 Å². The van der Waals surface area contributed by atoms with Gasteiger partial charge in [0.2, 0.25) is 0 Å². The number of aryl methyl sites for hydroxylation is 2. The Labute approximate surface area is 108 Å². The highest BCUT2D eigenvalue weighted by atomic mass is 32.1. The molecular weight excluding hydrogens is 232 g/mol. The zero-order valence-corrected chi connectivity index (χ0v) is 11.4. The first-order valence-electron chi connectivity index (χ1n) is 6.57. The molecule has 0 aliphatic heterocycles. The lowest BCUT2D eigenvalue weighted by Crippen LogP contribution is -2.18. The van der Waals surface area contributed by atoms with Gasteiger partial charge in [0.25, 0.3) is 0 Å². The Morgan fingerprint density at radius 1 is 1.24 bits per heavy atom. The Morgan fingerprint density at radius 2 is 2.06 bits per heavy atom. The number of thiazole rings is 1. The molecule has 96 valence electrons. The predicted octanol–water partition coefficient (Wildman–Crippen LogP) is 2.54. The van der Waals surface area contributed by atoms with Gasteiger partial charge in [-0.1, -0.05) is 12.8 Å². The Bertz CT molecular complexity index is 313. The molecule has 1 aliphatic carbocycles. The van der Waals surface area contributed by atoms with E-state index in [0.717, 1.165) is 19.7 Å². The topological polar surface area (TPSA) is 34.1 Å². The third kappa shape index (κ3) is 4.05. The van der Waals surface area contributed by atoms with Gasteiger partial charge in [-0.15, -0.1) is 11.3 Å². The minimum atomic E-state index is 0.769. The number of nitrogens with one attached hydrogen (secondary N) is 1. The van der Waals surface area contributed by atoms with Gasteiger partial charge in [-0.3, -0.25) is 0 Å². The number of hydrogen-bond acceptors (Lipinski definition) is 4. The van der Waals surface area contributed by atoms with Crippen LogP contribution in [0.5, 0.6) is 0 Å². The minimum absolute atomic E-state index is 0.769. The summed E-state index contributed by atoms with van der Waals surface area (Å²) in [6.45, 7) is 2.56. The molecule has 1 aliphatic rings. The fourth-order valence-electron chi connectivity index (χ4n) is 2.20. The molecule has 0 unspecified atom stereocenters.